The molecule has 1 aromatic heterocycles. The second-order valence-electron chi connectivity index (χ2n) is 4.05. The highest BCUT2D eigenvalue weighted by molar-refractivity contribution is 7.92. The average Bonchev–Trinajstić information content (AvgIpc) is 2.94. The van der Waals surface area contributed by atoms with Crippen LogP contribution in [-0.4, -0.2) is 30.1 Å². The Bertz CT molecular complexity index is 669. The molecule has 0 bridgehead atoms. The predicted molar refractivity (Wildman–Crippen MR) is 81.0 cm³/mol. The molecular formula is C12H14N4O2S2. The number of anilines is 1. The summed E-state index contributed by atoms with van der Waals surface area (Å²) < 4.78 is 26.4. The smallest absolute Gasteiger partial charge is 0.281 e. The molecule has 0 atom stereocenters. The Morgan fingerprint density at radius 3 is 2.55 bits per heavy atom. The molecule has 3 N–H and O–H groups in total. The first-order valence-electron chi connectivity index (χ1n) is 5.87. The molecule has 8 heteroatoms. The number of hydrogen-bond acceptors (Lipinski definition) is 4. The van der Waals surface area contributed by atoms with Crippen molar-refractivity contribution in [3.8, 4) is 0 Å². The fourth-order valence-corrected chi connectivity index (χ4v) is 3.16. The lowest BCUT2D eigenvalue weighted by Gasteiger charge is -2.23. The van der Waals surface area contributed by atoms with Gasteiger partial charge in [0.25, 0.3) is 10.0 Å². The molecule has 0 amide bonds. The number of para-hydroxylation sites is 1. The van der Waals surface area contributed by atoms with E-state index < -0.39 is 10.0 Å². The lowest BCUT2D eigenvalue weighted by atomic mass is 10.3. The molecule has 0 aliphatic heterocycles. The van der Waals surface area contributed by atoms with Gasteiger partial charge in [-0.05, 0) is 18.2 Å². The molecule has 2 rings (SSSR count). The number of H-pyrrole nitrogens is 1. The number of rotatable bonds is 6. The van der Waals surface area contributed by atoms with Crippen molar-refractivity contribution in [2.24, 2.45) is 5.73 Å². The number of nitrogens with two attached hydrogens (primary N) is 1. The van der Waals surface area contributed by atoms with Gasteiger partial charge in [-0.15, -0.1) is 0 Å². The second kappa shape index (κ2) is 6.02. The molecule has 1 aromatic carbocycles. The molecule has 0 aliphatic rings. The van der Waals surface area contributed by atoms with Gasteiger partial charge < -0.3 is 5.73 Å². The average molecular weight is 310 g/mol. The van der Waals surface area contributed by atoms with Gasteiger partial charge in [0.2, 0.25) is 0 Å². The summed E-state index contributed by atoms with van der Waals surface area (Å²) in [6.07, 6.45) is 1.70. The van der Waals surface area contributed by atoms with E-state index in [1.807, 2.05) is 6.07 Å². The van der Waals surface area contributed by atoms with E-state index in [1.165, 1.54) is 16.6 Å². The third kappa shape index (κ3) is 3.14. The largest absolute Gasteiger partial charge is 0.393 e. The number of thiocarbonyl (C=S) groups is 1. The number of benzene rings is 1. The van der Waals surface area contributed by atoms with Crippen LogP contribution in [0, 0.1) is 0 Å². The minimum Gasteiger partial charge on any atom is -0.393 e. The van der Waals surface area contributed by atoms with E-state index in [2.05, 4.69) is 10.2 Å². The van der Waals surface area contributed by atoms with E-state index in [9.17, 15) is 8.42 Å². The summed E-state index contributed by atoms with van der Waals surface area (Å²) in [4.78, 5) is 0.269. The Balaban J connectivity index is 2.39. The molecule has 6 nitrogen and oxygen atoms in total. The fraction of sp³-hybridized carbons (Fsp3) is 0.167. The van der Waals surface area contributed by atoms with Gasteiger partial charge in [0.1, 0.15) is 0 Å². The predicted octanol–water partition coefficient (Wildman–Crippen LogP) is 1.28. The van der Waals surface area contributed by atoms with Crippen LogP contribution < -0.4 is 10.0 Å². The van der Waals surface area contributed by atoms with Crippen LogP contribution in [0.2, 0.25) is 0 Å². The van der Waals surface area contributed by atoms with Crippen molar-refractivity contribution in [1.82, 2.24) is 10.2 Å². The third-order valence-corrected chi connectivity index (χ3v) is 4.61. The molecular weight excluding hydrogens is 296 g/mol. The Labute approximate surface area is 122 Å². The first-order chi connectivity index (χ1) is 9.51. The van der Waals surface area contributed by atoms with E-state index >= 15 is 0 Å². The zero-order valence-electron chi connectivity index (χ0n) is 10.6. The number of sulfonamides is 1. The number of nitrogens with one attached hydrogen (secondary N) is 1. The van der Waals surface area contributed by atoms with Gasteiger partial charge >= 0.3 is 0 Å². The van der Waals surface area contributed by atoms with E-state index in [0.717, 1.165) is 0 Å². The van der Waals surface area contributed by atoms with Gasteiger partial charge in [-0.25, -0.2) is 0 Å². The van der Waals surface area contributed by atoms with Gasteiger partial charge in [0.05, 0.1) is 16.9 Å². The Kier molecular flexibility index (Phi) is 4.35. The quantitative estimate of drug-likeness (QED) is 0.784. The molecule has 2 aromatic rings. The van der Waals surface area contributed by atoms with Crippen LogP contribution in [0.5, 0.6) is 0 Å². The molecule has 0 saturated heterocycles. The van der Waals surface area contributed by atoms with Crippen LogP contribution in [0.1, 0.15) is 6.42 Å². The van der Waals surface area contributed by atoms with Gasteiger partial charge in [0, 0.05) is 13.0 Å². The maximum absolute atomic E-state index is 12.6. The van der Waals surface area contributed by atoms with Crippen molar-refractivity contribution in [3.63, 3.8) is 0 Å². The molecule has 106 valence electrons. The van der Waals surface area contributed by atoms with Gasteiger partial charge in [-0.1, -0.05) is 30.4 Å². The number of hydrogen-bond donors (Lipinski definition) is 2. The summed E-state index contributed by atoms with van der Waals surface area (Å²) in [7, 11) is -3.71. The molecule has 1 heterocycles. The van der Waals surface area contributed by atoms with Crippen molar-refractivity contribution in [3.05, 3.63) is 42.6 Å². The first kappa shape index (κ1) is 14.5. The van der Waals surface area contributed by atoms with Gasteiger partial charge in [0.15, 0.2) is 5.03 Å². The van der Waals surface area contributed by atoms with Crippen LogP contribution in [0.15, 0.2) is 47.6 Å². The van der Waals surface area contributed by atoms with Crippen molar-refractivity contribution < 1.29 is 8.42 Å². The Morgan fingerprint density at radius 1 is 1.30 bits per heavy atom. The van der Waals surface area contributed by atoms with Crippen LogP contribution in [-0.2, 0) is 10.0 Å². The number of aromatic nitrogens is 2. The molecule has 0 unspecified atom stereocenters. The summed E-state index contributed by atoms with van der Waals surface area (Å²) in [6.45, 7) is 0.181. The first-order valence-corrected chi connectivity index (χ1v) is 7.72. The minimum atomic E-state index is -3.71. The highest BCUT2D eigenvalue weighted by Crippen LogP contribution is 2.22. The molecule has 0 radical (unpaired) electrons. The highest BCUT2D eigenvalue weighted by Gasteiger charge is 2.25. The third-order valence-electron chi connectivity index (χ3n) is 2.65. The SMILES string of the molecule is NC(=S)CCN(c1ccccc1)S(=O)(=O)c1ccn[nH]1. The Hall–Kier alpha value is -1.93. The monoisotopic (exact) mass is 310 g/mol. The maximum Gasteiger partial charge on any atom is 0.281 e. The lowest BCUT2D eigenvalue weighted by molar-refractivity contribution is 0.587. The molecule has 0 saturated carbocycles. The van der Waals surface area contributed by atoms with E-state index in [0.29, 0.717) is 12.1 Å². The maximum atomic E-state index is 12.6. The van der Waals surface area contributed by atoms with Crippen molar-refractivity contribution in [2.45, 2.75) is 11.4 Å². The minimum absolute atomic E-state index is 0.0318. The van der Waals surface area contributed by atoms with E-state index in [-0.39, 0.29) is 16.6 Å². The number of aromatic amines is 1. The molecule has 0 fully saturated rings. The standard InChI is InChI=1S/C12H14N4O2S2/c13-11(19)7-9-16(10-4-2-1-3-5-10)20(17,18)12-6-8-14-15-12/h1-6,8H,7,9H2,(H2,13,19)(H,14,15). The lowest BCUT2D eigenvalue weighted by Crippen LogP contribution is -2.34. The second-order valence-corrected chi connectivity index (χ2v) is 6.41. The van der Waals surface area contributed by atoms with Crippen LogP contribution in [0.25, 0.3) is 0 Å². The van der Waals surface area contributed by atoms with Gasteiger partial charge in [-0.3, -0.25) is 9.40 Å². The number of nitrogens with zero attached hydrogens (tertiary/aromatic N) is 2. The van der Waals surface area contributed by atoms with Crippen LogP contribution in [0.3, 0.4) is 0 Å². The zero-order chi connectivity index (χ0) is 14.6. The highest BCUT2D eigenvalue weighted by atomic mass is 32.2. The summed E-state index contributed by atoms with van der Waals surface area (Å²) in [5.74, 6) is 0. The summed E-state index contributed by atoms with van der Waals surface area (Å²) in [5.41, 5.74) is 6.02. The van der Waals surface area contributed by atoms with Crippen molar-refractivity contribution >= 4 is 32.9 Å². The summed E-state index contributed by atoms with van der Waals surface area (Å²) >= 11 is 4.82. The van der Waals surface area contributed by atoms with Crippen LogP contribution >= 0.6 is 12.2 Å². The van der Waals surface area contributed by atoms with Gasteiger partial charge in [-0.2, -0.15) is 13.5 Å². The van der Waals surface area contributed by atoms with E-state index in [4.69, 9.17) is 18.0 Å². The van der Waals surface area contributed by atoms with Crippen molar-refractivity contribution in [1.29, 1.82) is 0 Å². The fourth-order valence-electron chi connectivity index (χ4n) is 1.70. The van der Waals surface area contributed by atoms with Crippen molar-refractivity contribution in [2.75, 3.05) is 10.8 Å². The molecule has 0 spiro atoms. The summed E-state index contributed by atoms with van der Waals surface area (Å²) in [6, 6.07) is 10.2. The Morgan fingerprint density at radius 2 is 2.00 bits per heavy atom. The summed E-state index contributed by atoms with van der Waals surface area (Å²) in [5, 5.41) is 6.18. The zero-order valence-corrected chi connectivity index (χ0v) is 12.2. The normalized spacial score (nSPS) is 11.2. The topological polar surface area (TPSA) is 92.1 Å². The van der Waals surface area contributed by atoms with Crippen LogP contribution in [0.4, 0.5) is 5.69 Å². The van der Waals surface area contributed by atoms with E-state index in [1.54, 1.807) is 24.3 Å². The molecule has 20 heavy (non-hydrogen) atoms. The molecule has 0 aliphatic carbocycles.